The van der Waals surface area contributed by atoms with Gasteiger partial charge in [0.25, 0.3) is 0 Å². The van der Waals surface area contributed by atoms with Gasteiger partial charge in [-0.1, -0.05) is 11.6 Å². The third kappa shape index (κ3) is 3.22. The molecule has 1 N–H and O–H groups in total. The average Bonchev–Trinajstić information content (AvgIpc) is 2.68. The van der Waals surface area contributed by atoms with E-state index in [4.69, 9.17) is 20.9 Å². The predicted octanol–water partition coefficient (Wildman–Crippen LogP) is 2.00. The average molecular weight is 339 g/mol. The Morgan fingerprint density at radius 3 is 2.57 bits per heavy atom. The van der Waals surface area contributed by atoms with Crippen LogP contribution in [-0.2, 0) is 9.31 Å². The van der Waals surface area contributed by atoms with Crippen LogP contribution in [0.1, 0.15) is 40.5 Å². The first-order valence-electron chi connectivity index (χ1n) is 8.14. The molecule has 0 saturated carbocycles. The summed E-state index contributed by atoms with van der Waals surface area (Å²) in [6.07, 6.45) is 3.16. The zero-order chi connectivity index (χ0) is 16.8. The maximum absolute atomic E-state index is 9.90. The van der Waals surface area contributed by atoms with E-state index in [9.17, 15) is 5.11 Å². The van der Waals surface area contributed by atoms with E-state index >= 15 is 0 Å². The number of aliphatic hydroxyl groups excluding tert-OH is 1. The van der Waals surface area contributed by atoms with E-state index in [1.807, 2.05) is 33.8 Å². The molecule has 23 heavy (non-hydrogen) atoms. The second-order valence-corrected chi connectivity index (χ2v) is 7.77. The molecule has 1 unspecified atom stereocenters. The molecule has 2 aliphatic heterocycles. The SMILES string of the molecule is CC1(C)OB(c2cnc(Cl)c(N3CCCC(O)C3)c2)OC1(C)C. The van der Waals surface area contributed by atoms with Gasteiger partial charge in [-0.05, 0) is 46.6 Å². The molecule has 0 radical (unpaired) electrons. The van der Waals surface area contributed by atoms with E-state index in [1.54, 1.807) is 6.20 Å². The zero-order valence-electron chi connectivity index (χ0n) is 14.2. The van der Waals surface area contributed by atoms with Crippen molar-refractivity contribution in [1.82, 2.24) is 4.98 Å². The van der Waals surface area contributed by atoms with Crippen molar-refractivity contribution in [3.05, 3.63) is 17.4 Å². The van der Waals surface area contributed by atoms with Crippen molar-refractivity contribution in [2.45, 2.75) is 57.8 Å². The van der Waals surface area contributed by atoms with Gasteiger partial charge in [-0.25, -0.2) is 4.98 Å². The van der Waals surface area contributed by atoms with Gasteiger partial charge in [-0.2, -0.15) is 0 Å². The summed E-state index contributed by atoms with van der Waals surface area (Å²) in [5.41, 5.74) is 0.901. The molecule has 7 heteroatoms. The molecule has 1 atom stereocenters. The summed E-state index contributed by atoms with van der Waals surface area (Å²) in [6.45, 7) is 9.55. The van der Waals surface area contributed by atoms with Gasteiger partial charge < -0.3 is 19.3 Å². The van der Waals surface area contributed by atoms with Gasteiger partial charge in [0.15, 0.2) is 5.15 Å². The van der Waals surface area contributed by atoms with Crippen LogP contribution in [0.3, 0.4) is 0 Å². The second kappa shape index (κ2) is 5.92. The fraction of sp³-hybridized carbons (Fsp3) is 0.688. The lowest BCUT2D eigenvalue weighted by Crippen LogP contribution is -2.41. The lowest BCUT2D eigenvalue weighted by molar-refractivity contribution is 0.00578. The molecule has 0 bridgehead atoms. The summed E-state index contributed by atoms with van der Waals surface area (Å²) < 4.78 is 12.2. The smallest absolute Gasteiger partial charge is 0.399 e. The molecule has 0 aliphatic carbocycles. The maximum Gasteiger partial charge on any atom is 0.496 e. The van der Waals surface area contributed by atoms with E-state index < -0.39 is 18.3 Å². The molecule has 1 aromatic heterocycles. The maximum atomic E-state index is 9.90. The third-order valence-corrected chi connectivity index (χ3v) is 5.40. The molecule has 0 amide bonds. The van der Waals surface area contributed by atoms with E-state index in [1.165, 1.54) is 0 Å². The van der Waals surface area contributed by atoms with Crippen LogP contribution in [0.2, 0.25) is 5.15 Å². The van der Waals surface area contributed by atoms with Crippen molar-refractivity contribution in [1.29, 1.82) is 0 Å². The first-order valence-corrected chi connectivity index (χ1v) is 8.51. The third-order valence-electron chi connectivity index (χ3n) is 5.10. The van der Waals surface area contributed by atoms with Gasteiger partial charge in [0.2, 0.25) is 0 Å². The van der Waals surface area contributed by atoms with Crippen molar-refractivity contribution in [2.24, 2.45) is 0 Å². The molecular formula is C16H24BClN2O3. The minimum Gasteiger partial charge on any atom is -0.399 e. The van der Waals surface area contributed by atoms with Crippen LogP contribution in [-0.4, -0.2) is 47.6 Å². The molecule has 0 aromatic carbocycles. The number of hydrogen-bond donors (Lipinski definition) is 1. The number of pyridine rings is 1. The number of rotatable bonds is 2. The Hall–Kier alpha value is -0.815. The minimum atomic E-state index is -0.460. The van der Waals surface area contributed by atoms with Crippen LogP contribution in [0.4, 0.5) is 5.69 Å². The van der Waals surface area contributed by atoms with Gasteiger partial charge in [0.1, 0.15) is 0 Å². The molecule has 5 nitrogen and oxygen atoms in total. The summed E-state index contributed by atoms with van der Waals surface area (Å²) in [6, 6.07) is 1.97. The number of hydrogen-bond acceptors (Lipinski definition) is 5. The summed E-state index contributed by atoms with van der Waals surface area (Å²) in [4.78, 5) is 6.38. The van der Waals surface area contributed by atoms with E-state index in [0.29, 0.717) is 11.7 Å². The van der Waals surface area contributed by atoms with Crippen molar-refractivity contribution in [2.75, 3.05) is 18.0 Å². The lowest BCUT2D eigenvalue weighted by Gasteiger charge is -2.32. The quantitative estimate of drug-likeness (QED) is 0.660. The molecule has 3 heterocycles. The second-order valence-electron chi connectivity index (χ2n) is 7.41. The molecule has 3 rings (SSSR count). The molecule has 2 aliphatic rings. The number of nitrogens with zero attached hydrogens (tertiary/aromatic N) is 2. The topological polar surface area (TPSA) is 54.8 Å². The van der Waals surface area contributed by atoms with Crippen molar-refractivity contribution >= 4 is 29.9 Å². The highest BCUT2D eigenvalue weighted by Crippen LogP contribution is 2.37. The molecule has 0 spiro atoms. The van der Waals surface area contributed by atoms with E-state index in [0.717, 1.165) is 30.5 Å². The minimum absolute atomic E-state index is 0.319. The normalized spacial score (nSPS) is 26.6. The Kier molecular flexibility index (Phi) is 4.38. The number of β-amino-alcohol motifs (C(OH)–C–C–N with tert-alkyl or cyclic N) is 1. The first-order chi connectivity index (χ1) is 10.7. The Morgan fingerprint density at radius 2 is 1.96 bits per heavy atom. The Bertz CT molecular complexity index is 581. The van der Waals surface area contributed by atoms with Crippen LogP contribution >= 0.6 is 11.6 Å². The largest absolute Gasteiger partial charge is 0.496 e. The number of piperidine rings is 1. The standard InChI is InChI=1S/C16H24BClN2O3/c1-15(2)16(3,4)23-17(22-15)11-8-13(14(18)19-9-11)20-7-5-6-12(21)10-20/h8-9,12,21H,5-7,10H2,1-4H3. The molecule has 2 fully saturated rings. The van der Waals surface area contributed by atoms with Crippen molar-refractivity contribution < 1.29 is 14.4 Å². The van der Waals surface area contributed by atoms with Crippen molar-refractivity contribution in [3.8, 4) is 0 Å². The molecule has 1 aromatic rings. The first kappa shape index (κ1) is 17.0. The monoisotopic (exact) mass is 338 g/mol. The van der Waals surface area contributed by atoms with E-state index in [-0.39, 0.29) is 6.10 Å². The summed E-state index contributed by atoms with van der Waals surface area (Å²) in [5.74, 6) is 0. The summed E-state index contributed by atoms with van der Waals surface area (Å²) in [5, 5.41) is 10.3. The number of aromatic nitrogens is 1. The van der Waals surface area contributed by atoms with Crippen molar-refractivity contribution in [3.63, 3.8) is 0 Å². The highest BCUT2D eigenvalue weighted by atomic mass is 35.5. The highest BCUT2D eigenvalue weighted by Gasteiger charge is 2.52. The fourth-order valence-corrected chi connectivity index (χ4v) is 3.18. The Labute approximate surface area is 143 Å². The molecular weight excluding hydrogens is 314 g/mol. The van der Waals surface area contributed by atoms with Crippen LogP contribution in [0.25, 0.3) is 0 Å². The number of halogens is 1. The van der Waals surface area contributed by atoms with Gasteiger partial charge >= 0.3 is 7.12 Å². The Morgan fingerprint density at radius 1 is 1.30 bits per heavy atom. The van der Waals surface area contributed by atoms with Gasteiger partial charge in [0, 0.05) is 24.7 Å². The fourth-order valence-electron chi connectivity index (χ4n) is 2.96. The van der Waals surface area contributed by atoms with E-state index in [2.05, 4.69) is 9.88 Å². The number of anilines is 1. The van der Waals surface area contributed by atoms with Crippen LogP contribution in [0.15, 0.2) is 12.3 Å². The highest BCUT2D eigenvalue weighted by molar-refractivity contribution is 6.62. The summed E-state index contributed by atoms with van der Waals surface area (Å²) >= 11 is 6.28. The van der Waals surface area contributed by atoms with Gasteiger partial charge in [-0.15, -0.1) is 0 Å². The molecule has 126 valence electrons. The summed E-state index contributed by atoms with van der Waals surface area (Å²) in [7, 11) is -0.460. The number of aliphatic hydroxyl groups is 1. The zero-order valence-corrected chi connectivity index (χ0v) is 14.9. The van der Waals surface area contributed by atoms with Crippen LogP contribution < -0.4 is 10.4 Å². The van der Waals surface area contributed by atoms with Gasteiger partial charge in [0.05, 0.1) is 23.0 Å². The van der Waals surface area contributed by atoms with Gasteiger partial charge in [-0.3, -0.25) is 0 Å². The lowest BCUT2D eigenvalue weighted by atomic mass is 9.80. The Balaban J connectivity index is 1.87. The molecule has 2 saturated heterocycles. The van der Waals surface area contributed by atoms with Crippen LogP contribution in [0.5, 0.6) is 0 Å². The van der Waals surface area contributed by atoms with Crippen LogP contribution in [0, 0.1) is 0 Å². The predicted molar refractivity (Wildman–Crippen MR) is 92.4 cm³/mol.